The smallest absolute Gasteiger partial charge is 0.335 e. The van der Waals surface area contributed by atoms with Gasteiger partial charge < -0.3 is 20.1 Å². The van der Waals surface area contributed by atoms with Gasteiger partial charge in [-0.05, 0) is 25.0 Å². The zero-order valence-electron chi connectivity index (χ0n) is 13.3. The molecule has 1 aromatic carbocycles. The minimum Gasteiger partial charge on any atom is -0.483 e. The Kier molecular flexibility index (Phi) is 15.9. The molecule has 0 aromatic heterocycles. The number of benzene rings is 1. The lowest BCUT2D eigenvalue weighted by Gasteiger charge is -2.07. The first-order valence-electron chi connectivity index (χ1n) is 7.15. The molecule has 1 aromatic rings. The molecule has 1 unspecified atom stereocenters. The third kappa shape index (κ3) is 14.3. The van der Waals surface area contributed by atoms with Crippen LogP contribution < -0.4 is 0 Å². The number of carboxylic acid groups (broad SMARTS) is 2. The van der Waals surface area contributed by atoms with E-state index in [9.17, 15) is 9.59 Å². The molecule has 0 saturated heterocycles. The summed E-state index contributed by atoms with van der Waals surface area (Å²) in [6, 6.07) is 8.30. The minimum absolute atomic E-state index is 0.250. The molecule has 7 heteroatoms. The number of unbranched alkanes of at least 4 members (excludes halogenated alkanes) is 1. The van der Waals surface area contributed by atoms with Crippen LogP contribution in [0.15, 0.2) is 30.3 Å². The van der Waals surface area contributed by atoms with E-state index in [1.807, 2.05) is 6.92 Å². The molecular weight excluding hydrogens is 304 g/mol. The highest BCUT2D eigenvalue weighted by Crippen LogP contribution is 1.96. The molecule has 0 amide bonds. The Hall–Kier alpha value is -2.41. The zero-order valence-corrected chi connectivity index (χ0v) is 13.3. The number of aromatic carboxylic acids is 1. The summed E-state index contributed by atoms with van der Waals surface area (Å²) in [4.78, 5) is 29.3. The molecule has 3 N–H and O–H groups in total. The van der Waals surface area contributed by atoms with Crippen LogP contribution in [0.5, 0.6) is 0 Å². The van der Waals surface area contributed by atoms with E-state index < -0.39 is 18.0 Å². The SMILES string of the molecule is CCCCOC(=O)C(O)CC.O=C(O)c1ccccc1.O=CO. The number of ether oxygens (including phenoxy) is 1. The van der Waals surface area contributed by atoms with Crippen molar-refractivity contribution in [3.8, 4) is 0 Å². The average Bonchev–Trinajstić information content (AvgIpc) is 2.56. The van der Waals surface area contributed by atoms with E-state index in [0.717, 1.165) is 12.8 Å². The molecule has 1 atom stereocenters. The normalized spacial score (nSPS) is 10.0. The zero-order chi connectivity index (χ0) is 18.1. The molecule has 7 nitrogen and oxygen atoms in total. The van der Waals surface area contributed by atoms with Gasteiger partial charge in [0.25, 0.3) is 6.47 Å². The maximum Gasteiger partial charge on any atom is 0.335 e. The standard InChI is InChI=1S/C8H16O3.C7H6O2.CH2O2/c1-3-5-6-11-8(10)7(9)4-2;8-7(9)6-4-2-1-3-5-6;2-1-3/h7,9H,3-6H2,1-2H3;1-5H,(H,8,9);1H,(H,2,3). The van der Waals surface area contributed by atoms with Crippen molar-refractivity contribution in [2.24, 2.45) is 0 Å². The fourth-order valence-electron chi connectivity index (χ4n) is 1.16. The first-order chi connectivity index (χ1) is 10.9. The Morgan fingerprint density at radius 2 is 1.74 bits per heavy atom. The second-order valence-electron chi connectivity index (χ2n) is 4.22. The molecule has 0 saturated carbocycles. The van der Waals surface area contributed by atoms with E-state index in [-0.39, 0.29) is 6.47 Å². The van der Waals surface area contributed by atoms with Crippen LogP contribution in [-0.2, 0) is 14.3 Å². The summed E-state index contributed by atoms with van der Waals surface area (Å²) in [5.41, 5.74) is 0.331. The van der Waals surface area contributed by atoms with Crippen LogP contribution in [0.3, 0.4) is 0 Å². The van der Waals surface area contributed by atoms with Crippen molar-refractivity contribution in [1.29, 1.82) is 0 Å². The summed E-state index contributed by atoms with van der Waals surface area (Å²) < 4.78 is 4.75. The number of hydrogen-bond donors (Lipinski definition) is 3. The summed E-state index contributed by atoms with van der Waals surface area (Å²) in [6.07, 6.45) is 1.34. The molecule has 0 aliphatic carbocycles. The average molecular weight is 328 g/mol. The van der Waals surface area contributed by atoms with Gasteiger partial charge in [-0.1, -0.05) is 38.5 Å². The molecule has 0 radical (unpaired) electrons. The fraction of sp³-hybridized carbons (Fsp3) is 0.438. The Morgan fingerprint density at radius 1 is 1.22 bits per heavy atom. The van der Waals surface area contributed by atoms with Crippen molar-refractivity contribution in [3.63, 3.8) is 0 Å². The highest BCUT2D eigenvalue weighted by molar-refractivity contribution is 5.87. The molecule has 1 rings (SSSR count). The highest BCUT2D eigenvalue weighted by atomic mass is 16.5. The van der Waals surface area contributed by atoms with Crippen LogP contribution in [0.25, 0.3) is 0 Å². The summed E-state index contributed by atoms with van der Waals surface area (Å²) in [7, 11) is 0. The predicted octanol–water partition coefficient (Wildman–Crippen LogP) is 2.19. The first kappa shape index (κ1) is 22.9. The van der Waals surface area contributed by atoms with E-state index >= 15 is 0 Å². The van der Waals surface area contributed by atoms with E-state index in [2.05, 4.69) is 0 Å². The molecule has 0 spiro atoms. The monoisotopic (exact) mass is 328 g/mol. The topological polar surface area (TPSA) is 121 Å². The van der Waals surface area contributed by atoms with Crippen molar-refractivity contribution in [3.05, 3.63) is 35.9 Å². The van der Waals surface area contributed by atoms with Crippen molar-refractivity contribution in [1.82, 2.24) is 0 Å². The van der Waals surface area contributed by atoms with Gasteiger partial charge >= 0.3 is 11.9 Å². The Morgan fingerprint density at radius 3 is 2.09 bits per heavy atom. The number of aliphatic hydroxyl groups is 1. The van der Waals surface area contributed by atoms with Crippen LogP contribution in [0, 0.1) is 0 Å². The number of aliphatic hydroxyl groups excluding tert-OH is 1. The number of rotatable bonds is 6. The highest BCUT2D eigenvalue weighted by Gasteiger charge is 2.12. The number of hydrogen-bond acceptors (Lipinski definition) is 5. The summed E-state index contributed by atoms with van der Waals surface area (Å²) in [6.45, 7) is 3.93. The van der Waals surface area contributed by atoms with Gasteiger partial charge in [-0.2, -0.15) is 0 Å². The number of carbonyl (C=O) groups excluding carboxylic acids is 1. The van der Waals surface area contributed by atoms with Crippen molar-refractivity contribution in [2.45, 2.75) is 39.2 Å². The van der Waals surface area contributed by atoms with Gasteiger partial charge in [0, 0.05) is 0 Å². The molecule has 0 heterocycles. The molecule has 0 aliphatic heterocycles. The quantitative estimate of drug-likeness (QED) is 0.416. The Balaban J connectivity index is 0. The Labute approximate surface area is 135 Å². The van der Waals surface area contributed by atoms with Gasteiger partial charge in [-0.3, -0.25) is 4.79 Å². The van der Waals surface area contributed by atoms with E-state index in [4.69, 9.17) is 24.9 Å². The lowest BCUT2D eigenvalue weighted by Crippen LogP contribution is -2.22. The third-order valence-electron chi connectivity index (χ3n) is 2.42. The van der Waals surface area contributed by atoms with Gasteiger partial charge in [0.2, 0.25) is 0 Å². The molecule has 130 valence electrons. The lowest BCUT2D eigenvalue weighted by atomic mass is 10.2. The van der Waals surface area contributed by atoms with Gasteiger partial charge in [0.05, 0.1) is 12.2 Å². The van der Waals surface area contributed by atoms with Crippen LogP contribution in [0.4, 0.5) is 0 Å². The lowest BCUT2D eigenvalue weighted by molar-refractivity contribution is -0.153. The first-order valence-corrected chi connectivity index (χ1v) is 7.15. The fourth-order valence-corrected chi connectivity index (χ4v) is 1.16. The van der Waals surface area contributed by atoms with Crippen LogP contribution in [0.2, 0.25) is 0 Å². The van der Waals surface area contributed by atoms with Crippen LogP contribution in [-0.4, -0.2) is 46.4 Å². The van der Waals surface area contributed by atoms with Gasteiger partial charge in [-0.15, -0.1) is 0 Å². The molecule has 0 fully saturated rings. The minimum atomic E-state index is -0.938. The molecule has 0 bridgehead atoms. The van der Waals surface area contributed by atoms with Crippen molar-refractivity contribution < 1.29 is 34.4 Å². The predicted molar refractivity (Wildman–Crippen MR) is 84.3 cm³/mol. The Bertz CT molecular complexity index is 431. The van der Waals surface area contributed by atoms with Crippen LogP contribution >= 0.6 is 0 Å². The maximum atomic E-state index is 10.8. The molecular formula is C16H24O7. The van der Waals surface area contributed by atoms with E-state index in [0.29, 0.717) is 18.6 Å². The summed E-state index contributed by atoms with van der Waals surface area (Å²) in [5, 5.41) is 24.2. The van der Waals surface area contributed by atoms with E-state index in [1.165, 1.54) is 0 Å². The second kappa shape index (κ2) is 16.0. The number of carboxylic acids is 1. The summed E-state index contributed by atoms with van der Waals surface area (Å²) >= 11 is 0. The number of esters is 1. The third-order valence-corrected chi connectivity index (χ3v) is 2.42. The van der Waals surface area contributed by atoms with Gasteiger partial charge in [-0.25, -0.2) is 9.59 Å². The van der Waals surface area contributed by atoms with Crippen LogP contribution in [0.1, 0.15) is 43.5 Å². The van der Waals surface area contributed by atoms with Gasteiger partial charge in [0.15, 0.2) is 6.10 Å². The molecule has 23 heavy (non-hydrogen) atoms. The number of carbonyl (C=O) groups is 3. The van der Waals surface area contributed by atoms with Crippen molar-refractivity contribution >= 4 is 18.4 Å². The van der Waals surface area contributed by atoms with Gasteiger partial charge in [0.1, 0.15) is 0 Å². The largest absolute Gasteiger partial charge is 0.483 e. The molecule has 0 aliphatic rings. The summed E-state index contributed by atoms with van der Waals surface area (Å²) in [5.74, 6) is -1.38. The van der Waals surface area contributed by atoms with E-state index in [1.54, 1.807) is 37.3 Å². The van der Waals surface area contributed by atoms with Crippen molar-refractivity contribution in [2.75, 3.05) is 6.61 Å². The maximum absolute atomic E-state index is 10.8. The second-order valence-corrected chi connectivity index (χ2v) is 4.22.